The zero-order valence-electron chi connectivity index (χ0n) is 20.5. The Bertz CT molecular complexity index is 1680. The molecular formula is C25H20N10O5. The summed E-state index contributed by atoms with van der Waals surface area (Å²) in [6.07, 6.45) is 3.38. The van der Waals surface area contributed by atoms with Gasteiger partial charge in [-0.1, -0.05) is 6.07 Å². The maximum atomic E-state index is 12.9. The van der Waals surface area contributed by atoms with Crippen molar-refractivity contribution in [3.8, 4) is 29.5 Å². The Kier molecular flexibility index (Phi) is 6.80. The van der Waals surface area contributed by atoms with Crippen molar-refractivity contribution in [3.05, 3.63) is 71.8 Å². The van der Waals surface area contributed by atoms with Gasteiger partial charge in [-0.2, -0.15) is 15.2 Å². The SMILES string of the molecule is N#Cc1ccc(Oc2nc(Oc3cccc(N=C(N)N)c3)nc3c2NC(=O)C(Cc2cnc[nH]2)N3)cc1C(=O)O. The van der Waals surface area contributed by atoms with Crippen LogP contribution in [0.25, 0.3) is 0 Å². The maximum absolute atomic E-state index is 12.9. The van der Waals surface area contributed by atoms with Gasteiger partial charge < -0.3 is 41.7 Å². The lowest BCUT2D eigenvalue weighted by Crippen LogP contribution is -2.41. The van der Waals surface area contributed by atoms with E-state index in [4.69, 9.17) is 20.9 Å². The van der Waals surface area contributed by atoms with E-state index in [-0.39, 0.29) is 58.6 Å². The number of carbonyl (C=O) groups is 2. The summed E-state index contributed by atoms with van der Waals surface area (Å²) in [4.78, 5) is 44.1. The number of nitrogens with two attached hydrogens (primary N) is 2. The minimum absolute atomic E-state index is 0.0480. The van der Waals surface area contributed by atoms with Crippen molar-refractivity contribution in [2.24, 2.45) is 16.5 Å². The molecule has 1 atom stereocenters. The first-order chi connectivity index (χ1) is 19.3. The number of hydrogen-bond donors (Lipinski definition) is 6. The van der Waals surface area contributed by atoms with Crippen molar-refractivity contribution in [2.45, 2.75) is 12.5 Å². The molecule has 4 aromatic rings. The molecule has 2 aromatic carbocycles. The highest BCUT2D eigenvalue weighted by molar-refractivity contribution is 6.03. The van der Waals surface area contributed by atoms with Crippen molar-refractivity contribution >= 4 is 35.0 Å². The van der Waals surface area contributed by atoms with E-state index in [0.717, 1.165) is 0 Å². The van der Waals surface area contributed by atoms with Gasteiger partial charge in [0.15, 0.2) is 11.8 Å². The number of fused-ring (bicyclic) bond motifs is 1. The molecule has 0 aliphatic carbocycles. The molecule has 3 heterocycles. The molecule has 1 aliphatic rings. The summed E-state index contributed by atoms with van der Waals surface area (Å²) in [6, 6.07) is 11.3. The van der Waals surface area contributed by atoms with Crippen LogP contribution in [0.1, 0.15) is 21.6 Å². The number of imidazole rings is 1. The third-order valence-corrected chi connectivity index (χ3v) is 5.55. The number of guanidine groups is 1. The van der Waals surface area contributed by atoms with Gasteiger partial charge in [-0.3, -0.25) is 4.79 Å². The second-order valence-corrected chi connectivity index (χ2v) is 8.36. The first-order valence-electron chi connectivity index (χ1n) is 11.6. The van der Waals surface area contributed by atoms with E-state index < -0.39 is 12.0 Å². The monoisotopic (exact) mass is 540 g/mol. The lowest BCUT2D eigenvalue weighted by molar-refractivity contribution is -0.117. The van der Waals surface area contributed by atoms with Crippen molar-refractivity contribution < 1.29 is 24.2 Å². The highest BCUT2D eigenvalue weighted by Gasteiger charge is 2.31. The molecule has 0 saturated carbocycles. The summed E-state index contributed by atoms with van der Waals surface area (Å²) < 4.78 is 11.7. The third-order valence-electron chi connectivity index (χ3n) is 5.55. The molecule has 1 amide bonds. The number of benzene rings is 2. The minimum atomic E-state index is -1.31. The van der Waals surface area contributed by atoms with Crippen molar-refractivity contribution in [1.82, 2.24) is 19.9 Å². The van der Waals surface area contributed by atoms with E-state index in [1.807, 2.05) is 6.07 Å². The Morgan fingerprint density at radius 3 is 2.70 bits per heavy atom. The first kappa shape index (κ1) is 25.5. The second kappa shape index (κ2) is 10.7. The van der Waals surface area contributed by atoms with Crippen molar-refractivity contribution in [1.29, 1.82) is 5.26 Å². The molecule has 0 radical (unpaired) electrons. The lowest BCUT2D eigenvalue weighted by Gasteiger charge is -2.26. The number of carboxylic acid groups (broad SMARTS) is 1. The number of H-pyrrole nitrogens is 1. The number of aromatic amines is 1. The average Bonchev–Trinajstić information content (AvgIpc) is 3.42. The van der Waals surface area contributed by atoms with E-state index in [2.05, 4.69) is 35.6 Å². The normalized spacial score (nSPS) is 13.7. The number of carboxylic acids is 1. The maximum Gasteiger partial charge on any atom is 0.337 e. The Balaban J connectivity index is 1.53. The molecule has 8 N–H and O–H groups in total. The number of aromatic carboxylic acids is 1. The average molecular weight is 541 g/mol. The smallest absolute Gasteiger partial charge is 0.337 e. The minimum Gasteiger partial charge on any atom is -0.478 e. The molecule has 0 bridgehead atoms. The van der Waals surface area contributed by atoms with Crippen LogP contribution in [0, 0.1) is 11.3 Å². The van der Waals surface area contributed by atoms with E-state index in [0.29, 0.717) is 17.1 Å². The quantitative estimate of drug-likeness (QED) is 0.139. The van der Waals surface area contributed by atoms with Crippen molar-refractivity contribution in [3.63, 3.8) is 0 Å². The number of nitrogens with zero attached hydrogens (tertiary/aromatic N) is 5. The third kappa shape index (κ3) is 5.55. The van der Waals surface area contributed by atoms with Crippen LogP contribution >= 0.6 is 0 Å². The van der Waals surface area contributed by atoms with Crippen LogP contribution in [-0.2, 0) is 11.2 Å². The van der Waals surface area contributed by atoms with Gasteiger partial charge in [0, 0.05) is 24.4 Å². The molecule has 40 heavy (non-hydrogen) atoms. The molecule has 1 unspecified atom stereocenters. The number of nitrogens with one attached hydrogen (secondary N) is 3. The fraction of sp³-hybridized carbons (Fsp3) is 0.0800. The number of nitriles is 1. The molecular weight excluding hydrogens is 520 g/mol. The largest absolute Gasteiger partial charge is 0.478 e. The fourth-order valence-corrected chi connectivity index (χ4v) is 3.80. The summed E-state index contributed by atoms with van der Waals surface area (Å²) in [5, 5.41) is 24.5. The molecule has 15 nitrogen and oxygen atoms in total. The van der Waals surface area contributed by atoms with E-state index >= 15 is 0 Å². The summed E-state index contributed by atoms with van der Waals surface area (Å²) in [5.41, 5.74) is 11.8. The molecule has 5 rings (SSSR count). The molecule has 1 aliphatic heterocycles. The van der Waals surface area contributed by atoms with Crippen molar-refractivity contribution in [2.75, 3.05) is 10.6 Å². The molecule has 0 fully saturated rings. The van der Waals surface area contributed by atoms with Gasteiger partial charge in [-0.25, -0.2) is 14.8 Å². The van der Waals surface area contributed by atoms with Crippen LogP contribution in [0.2, 0.25) is 0 Å². The summed E-state index contributed by atoms with van der Waals surface area (Å²) in [7, 11) is 0. The van der Waals surface area contributed by atoms with E-state index in [1.54, 1.807) is 30.5 Å². The summed E-state index contributed by atoms with van der Waals surface area (Å²) in [5.74, 6) is -1.43. The second-order valence-electron chi connectivity index (χ2n) is 8.36. The number of amides is 1. The number of anilines is 2. The van der Waals surface area contributed by atoms with E-state index in [1.165, 1.54) is 24.5 Å². The van der Waals surface area contributed by atoms with Crippen LogP contribution in [0.15, 0.2) is 60.0 Å². The number of carbonyl (C=O) groups excluding carboxylic acids is 1. The summed E-state index contributed by atoms with van der Waals surface area (Å²) in [6.45, 7) is 0. The number of hydrogen-bond acceptors (Lipinski definition) is 10. The van der Waals surface area contributed by atoms with Gasteiger partial charge in [-0.05, 0) is 30.3 Å². The van der Waals surface area contributed by atoms with Crippen LogP contribution < -0.4 is 31.6 Å². The van der Waals surface area contributed by atoms with Crippen LogP contribution in [-0.4, -0.2) is 48.9 Å². The predicted molar refractivity (Wildman–Crippen MR) is 141 cm³/mol. The molecule has 0 spiro atoms. The van der Waals surface area contributed by atoms with E-state index in [9.17, 15) is 20.0 Å². The number of aromatic nitrogens is 4. The lowest BCUT2D eigenvalue weighted by atomic mass is 10.1. The van der Waals surface area contributed by atoms with Crippen LogP contribution in [0.4, 0.5) is 17.2 Å². The zero-order chi connectivity index (χ0) is 28.2. The fourth-order valence-electron chi connectivity index (χ4n) is 3.80. The van der Waals surface area contributed by atoms with Gasteiger partial charge in [0.2, 0.25) is 5.91 Å². The van der Waals surface area contributed by atoms with Crippen LogP contribution in [0.3, 0.4) is 0 Å². The number of rotatable bonds is 8. The molecule has 200 valence electrons. The van der Waals surface area contributed by atoms with Gasteiger partial charge in [0.25, 0.3) is 5.88 Å². The van der Waals surface area contributed by atoms with Gasteiger partial charge in [-0.15, -0.1) is 0 Å². The van der Waals surface area contributed by atoms with Gasteiger partial charge in [0.05, 0.1) is 23.1 Å². The first-order valence-corrected chi connectivity index (χ1v) is 11.6. The Hall–Kier alpha value is -6.17. The summed E-state index contributed by atoms with van der Waals surface area (Å²) >= 11 is 0. The van der Waals surface area contributed by atoms with Gasteiger partial charge in [0.1, 0.15) is 29.3 Å². The Morgan fingerprint density at radius 2 is 1.98 bits per heavy atom. The molecule has 0 saturated heterocycles. The van der Waals surface area contributed by atoms with Gasteiger partial charge >= 0.3 is 12.0 Å². The predicted octanol–water partition coefficient (Wildman–Crippen LogP) is 2.23. The Labute approximate surface area is 225 Å². The van der Waals surface area contributed by atoms with Crippen LogP contribution in [0.5, 0.6) is 23.4 Å². The molecule has 2 aromatic heterocycles. The highest BCUT2D eigenvalue weighted by atomic mass is 16.5. The number of aliphatic imine (C=N–C) groups is 1. The number of ether oxygens (including phenoxy) is 2. The highest BCUT2D eigenvalue weighted by Crippen LogP contribution is 2.39. The topological polar surface area (TPSA) is 240 Å². The Morgan fingerprint density at radius 1 is 1.15 bits per heavy atom. The zero-order valence-corrected chi connectivity index (χ0v) is 20.5. The molecule has 15 heteroatoms. The standard InChI is InChI=1S/C25H20N10O5/c26-9-12-4-5-16(8-17(12)23(37)38)39-22-19-20(32-18(21(36)33-19)7-14-10-29-11-30-14)34-25(35-22)40-15-3-1-2-13(6-15)31-24(27)28/h1-6,8,10-11,18H,7H2,(H,29,30)(H,33,36)(H,37,38)(H4,27,28,31)(H,32,34,35).